The highest BCUT2D eigenvalue weighted by molar-refractivity contribution is 6.02. The van der Waals surface area contributed by atoms with Crippen molar-refractivity contribution in [3.05, 3.63) is 54.1 Å². The van der Waals surface area contributed by atoms with Gasteiger partial charge < -0.3 is 14.2 Å². The number of rotatable bonds is 6. The second-order valence-corrected chi connectivity index (χ2v) is 4.06. The minimum Gasteiger partial charge on any atom is -0.496 e. The maximum Gasteiger partial charge on any atom is 0.207 e. The highest BCUT2D eigenvalue weighted by Crippen LogP contribution is 2.28. The van der Waals surface area contributed by atoms with Gasteiger partial charge in [-0.05, 0) is 24.3 Å². The van der Waals surface area contributed by atoms with Gasteiger partial charge in [0.1, 0.15) is 22.8 Å². The molecule has 2 rings (SSSR count). The summed E-state index contributed by atoms with van der Waals surface area (Å²) in [4.78, 5) is 12.3. The molecular formula is C16H16O4. The molecule has 0 bridgehead atoms. The molecule has 0 aromatic heterocycles. The molecule has 20 heavy (non-hydrogen) atoms. The van der Waals surface area contributed by atoms with Crippen LogP contribution >= 0.6 is 0 Å². The van der Waals surface area contributed by atoms with Crippen LogP contribution in [-0.4, -0.2) is 26.6 Å². The van der Waals surface area contributed by atoms with Crippen molar-refractivity contribution in [1.29, 1.82) is 0 Å². The number of carbonyl (C=O) groups is 1. The van der Waals surface area contributed by atoms with Crippen LogP contribution in [0.1, 0.15) is 10.4 Å². The van der Waals surface area contributed by atoms with Crippen LogP contribution in [0.2, 0.25) is 0 Å². The van der Waals surface area contributed by atoms with Crippen molar-refractivity contribution >= 4 is 5.78 Å². The molecule has 0 radical (unpaired) electrons. The van der Waals surface area contributed by atoms with Crippen molar-refractivity contribution in [2.75, 3.05) is 20.8 Å². The highest BCUT2D eigenvalue weighted by atomic mass is 16.5. The number of ether oxygens (including phenoxy) is 3. The number of carbonyl (C=O) groups excluding carboxylic acids is 1. The summed E-state index contributed by atoms with van der Waals surface area (Å²) < 4.78 is 15.9. The van der Waals surface area contributed by atoms with E-state index in [0.29, 0.717) is 22.8 Å². The second kappa shape index (κ2) is 6.61. The molecule has 0 N–H and O–H groups in total. The molecule has 4 nitrogen and oxygen atoms in total. The number of para-hydroxylation sites is 1. The third kappa shape index (κ3) is 3.09. The average molecular weight is 272 g/mol. The Balaban J connectivity index is 2.16. The largest absolute Gasteiger partial charge is 0.496 e. The first kappa shape index (κ1) is 13.9. The van der Waals surface area contributed by atoms with Crippen LogP contribution in [0.4, 0.5) is 0 Å². The molecule has 0 heterocycles. The van der Waals surface area contributed by atoms with Crippen molar-refractivity contribution in [2.24, 2.45) is 0 Å². The molecule has 4 heteroatoms. The summed E-state index contributed by atoms with van der Waals surface area (Å²) >= 11 is 0. The number of Topliss-reactive ketones (excluding diaryl/α,β-unsaturated/α-hetero) is 1. The van der Waals surface area contributed by atoms with E-state index in [1.54, 1.807) is 30.3 Å². The van der Waals surface area contributed by atoms with Gasteiger partial charge in [0.15, 0.2) is 6.61 Å². The van der Waals surface area contributed by atoms with E-state index < -0.39 is 0 Å². The molecule has 2 aromatic rings. The molecule has 0 aliphatic rings. The van der Waals surface area contributed by atoms with Gasteiger partial charge in [0.2, 0.25) is 5.78 Å². The van der Waals surface area contributed by atoms with E-state index in [9.17, 15) is 4.79 Å². The van der Waals surface area contributed by atoms with Crippen molar-refractivity contribution in [3.63, 3.8) is 0 Å². The fourth-order valence-electron chi connectivity index (χ4n) is 1.86. The lowest BCUT2D eigenvalue weighted by atomic mass is 10.1. The number of hydrogen-bond acceptors (Lipinski definition) is 4. The topological polar surface area (TPSA) is 44.8 Å². The van der Waals surface area contributed by atoms with Gasteiger partial charge in [-0.2, -0.15) is 0 Å². The lowest BCUT2D eigenvalue weighted by Gasteiger charge is -2.12. The fraction of sp³-hybridized carbons (Fsp3) is 0.188. The third-order valence-corrected chi connectivity index (χ3v) is 2.82. The Morgan fingerprint density at radius 3 is 2.05 bits per heavy atom. The standard InChI is InChI=1S/C16H16O4/c1-18-14-9-6-10-15(19-2)16(14)13(17)11-20-12-7-4-3-5-8-12/h3-10H,11H2,1-2H3. The second-order valence-electron chi connectivity index (χ2n) is 4.06. The molecule has 104 valence electrons. The first-order valence-electron chi connectivity index (χ1n) is 6.18. The van der Waals surface area contributed by atoms with Crippen molar-refractivity contribution in [1.82, 2.24) is 0 Å². The minimum atomic E-state index is -0.192. The summed E-state index contributed by atoms with van der Waals surface area (Å²) in [6.45, 7) is -0.0687. The molecule has 0 aliphatic heterocycles. The van der Waals surface area contributed by atoms with E-state index in [0.717, 1.165) is 0 Å². The van der Waals surface area contributed by atoms with Gasteiger partial charge in [0.25, 0.3) is 0 Å². The third-order valence-electron chi connectivity index (χ3n) is 2.82. The predicted octanol–water partition coefficient (Wildman–Crippen LogP) is 2.97. The zero-order chi connectivity index (χ0) is 14.4. The zero-order valence-corrected chi connectivity index (χ0v) is 11.5. The molecule has 0 atom stereocenters. The van der Waals surface area contributed by atoms with Gasteiger partial charge in [-0.15, -0.1) is 0 Å². The zero-order valence-electron chi connectivity index (χ0n) is 11.5. The maximum atomic E-state index is 12.3. The summed E-state index contributed by atoms with van der Waals surface area (Å²) in [5.74, 6) is 1.41. The van der Waals surface area contributed by atoms with Gasteiger partial charge in [-0.25, -0.2) is 0 Å². The van der Waals surface area contributed by atoms with E-state index in [1.807, 2.05) is 18.2 Å². The molecule has 2 aromatic carbocycles. The van der Waals surface area contributed by atoms with Crippen LogP contribution in [0.15, 0.2) is 48.5 Å². The molecular weight excluding hydrogens is 256 g/mol. The van der Waals surface area contributed by atoms with E-state index in [1.165, 1.54) is 14.2 Å². The maximum absolute atomic E-state index is 12.3. The van der Waals surface area contributed by atoms with Crippen molar-refractivity contribution in [3.8, 4) is 17.2 Å². The summed E-state index contributed by atoms with van der Waals surface area (Å²) in [5.41, 5.74) is 0.397. The normalized spacial score (nSPS) is 9.90. The molecule has 0 saturated heterocycles. The van der Waals surface area contributed by atoms with E-state index in [-0.39, 0.29) is 12.4 Å². The number of methoxy groups -OCH3 is 2. The summed E-state index contributed by atoms with van der Waals surface area (Å²) in [7, 11) is 3.03. The first-order valence-corrected chi connectivity index (χ1v) is 6.18. The minimum absolute atomic E-state index is 0.0687. The van der Waals surface area contributed by atoms with Crippen LogP contribution in [0.3, 0.4) is 0 Å². The van der Waals surface area contributed by atoms with Gasteiger partial charge in [-0.1, -0.05) is 24.3 Å². The lowest BCUT2D eigenvalue weighted by molar-refractivity contribution is 0.0915. The fourth-order valence-corrected chi connectivity index (χ4v) is 1.86. The molecule has 0 unspecified atom stereocenters. The summed E-state index contributed by atoms with van der Waals surface area (Å²) in [6, 6.07) is 14.4. The smallest absolute Gasteiger partial charge is 0.207 e. The van der Waals surface area contributed by atoms with Gasteiger partial charge in [0, 0.05) is 0 Å². The summed E-state index contributed by atoms with van der Waals surface area (Å²) in [6.07, 6.45) is 0. The molecule has 0 saturated carbocycles. The van der Waals surface area contributed by atoms with Gasteiger partial charge in [0.05, 0.1) is 14.2 Å². The Kier molecular flexibility index (Phi) is 4.60. The molecule has 0 aliphatic carbocycles. The SMILES string of the molecule is COc1cccc(OC)c1C(=O)COc1ccccc1. The number of ketones is 1. The predicted molar refractivity (Wildman–Crippen MR) is 75.8 cm³/mol. The van der Waals surface area contributed by atoms with Gasteiger partial charge >= 0.3 is 0 Å². The molecule has 0 amide bonds. The Labute approximate surface area is 117 Å². The Hall–Kier alpha value is -2.49. The monoisotopic (exact) mass is 272 g/mol. The highest BCUT2D eigenvalue weighted by Gasteiger charge is 2.18. The molecule has 0 spiro atoms. The van der Waals surface area contributed by atoms with E-state index >= 15 is 0 Å². The lowest BCUT2D eigenvalue weighted by Crippen LogP contribution is -2.14. The van der Waals surface area contributed by atoms with Crippen LogP contribution < -0.4 is 14.2 Å². The van der Waals surface area contributed by atoms with Crippen LogP contribution in [-0.2, 0) is 0 Å². The summed E-state index contributed by atoms with van der Waals surface area (Å²) in [5, 5.41) is 0. The van der Waals surface area contributed by atoms with E-state index in [2.05, 4.69) is 0 Å². The van der Waals surface area contributed by atoms with Crippen molar-refractivity contribution < 1.29 is 19.0 Å². The Morgan fingerprint density at radius 1 is 0.900 bits per heavy atom. The Bertz CT molecular complexity index is 556. The van der Waals surface area contributed by atoms with E-state index in [4.69, 9.17) is 14.2 Å². The van der Waals surface area contributed by atoms with Gasteiger partial charge in [-0.3, -0.25) is 4.79 Å². The number of benzene rings is 2. The van der Waals surface area contributed by atoms with Crippen LogP contribution in [0, 0.1) is 0 Å². The molecule has 0 fully saturated rings. The van der Waals surface area contributed by atoms with Crippen LogP contribution in [0.25, 0.3) is 0 Å². The Morgan fingerprint density at radius 2 is 1.50 bits per heavy atom. The quantitative estimate of drug-likeness (QED) is 0.758. The first-order chi connectivity index (χ1) is 9.76. The van der Waals surface area contributed by atoms with Crippen LogP contribution in [0.5, 0.6) is 17.2 Å². The average Bonchev–Trinajstić information content (AvgIpc) is 2.52. The number of hydrogen-bond donors (Lipinski definition) is 0. The van der Waals surface area contributed by atoms with Crippen molar-refractivity contribution in [2.45, 2.75) is 0 Å².